The summed E-state index contributed by atoms with van der Waals surface area (Å²) in [4.78, 5) is 11.0. The van der Waals surface area contributed by atoms with Crippen molar-refractivity contribution >= 4 is 5.91 Å². The van der Waals surface area contributed by atoms with E-state index in [1.165, 1.54) is 0 Å². The number of carbonyl (C=O) groups is 1. The number of rotatable bonds is 4. The van der Waals surface area contributed by atoms with Crippen LogP contribution in [0, 0.1) is 0 Å². The monoisotopic (exact) mass is 158 g/mol. The van der Waals surface area contributed by atoms with E-state index in [4.69, 9.17) is 5.73 Å². The van der Waals surface area contributed by atoms with E-state index in [2.05, 4.69) is 12.2 Å². The van der Waals surface area contributed by atoms with Crippen molar-refractivity contribution in [1.29, 1.82) is 0 Å². The average Bonchev–Trinajstić information content (AvgIpc) is 1.87. The maximum atomic E-state index is 11.0. The summed E-state index contributed by atoms with van der Waals surface area (Å²) in [5.74, 6) is -0.0639. The minimum absolute atomic E-state index is 0.0639. The topological polar surface area (TPSA) is 55.1 Å². The van der Waals surface area contributed by atoms with Crippen LogP contribution >= 0.6 is 0 Å². The zero-order valence-corrected chi connectivity index (χ0v) is 7.55. The van der Waals surface area contributed by atoms with Crippen LogP contribution in [0.25, 0.3) is 0 Å². The second-order valence-corrected chi connectivity index (χ2v) is 2.99. The molecule has 0 aromatic rings. The van der Waals surface area contributed by atoms with E-state index < -0.39 is 6.04 Å². The van der Waals surface area contributed by atoms with E-state index in [1.54, 1.807) is 6.92 Å². The molecule has 3 N–H and O–H groups in total. The largest absolute Gasteiger partial charge is 0.352 e. The smallest absolute Gasteiger partial charge is 0.236 e. The van der Waals surface area contributed by atoms with Gasteiger partial charge in [0.1, 0.15) is 0 Å². The van der Waals surface area contributed by atoms with Gasteiger partial charge in [-0.1, -0.05) is 13.3 Å². The van der Waals surface area contributed by atoms with Crippen LogP contribution in [0.4, 0.5) is 0 Å². The van der Waals surface area contributed by atoms with Crippen molar-refractivity contribution in [3.8, 4) is 0 Å². The van der Waals surface area contributed by atoms with Gasteiger partial charge in [0.25, 0.3) is 0 Å². The Morgan fingerprint density at radius 1 is 1.55 bits per heavy atom. The molecule has 0 aliphatic rings. The molecule has 1 unspecified atom stereocenters. The summed E-state index contributed by atoms with van der Waals surface area (Å²) < 4.78 is 0. The van der Waals surface area contributed by atoms with Crippen LogP contribution in [-0.2, 0) is 4.79 Å². The molecule has 0 saturated carbocycles. The van der Waals surface area contributed by atoms with Crippen molar-refractivity contribution < 1.29 is 4.79 Å². The van der Waals surface area contributed by atoms with Crippen LogP contribution in [0.3, 0.4) is 0 Å². The molecular formula is C8H18N2O. The predicted molar refractivity (Wildman–Crippen MR) is 46.2 cm³/mol. The average molecular weight is 158 g/mol. The predicted octanol–water partition coefficient (Wildman–Crippen LogP) is 0.638. The summed E-state index contributed by atoms with van der Waals surface area (Å²) in [6, 6.07) is -0.146. The van der Waals surface area contributed by atoms with Gasteiger partial charge in [-0.2, -0.15) is 0 Å². The second kappa shape index (κ2) is 5.13. The molecule has 0 spiro atoms. The van der Waals surface area contributed by atoms with E-state index in [-0.39, 0.29) is 11.9 Å². The fourth-order valence-electron chi connectivity index (χ4n) is 0.879. The summed E-state index contributed by atoms with van der Waals surface area (Å²) in [5.41, 5.74) is 5.37. The lowest BCUT2D eigenvalue weighted by Crippen LogP contribution is -2.42. The first-order chi connectivity index (χ1) is 5.07. The second-order valence-electron chi connectivity index (χ2n) is 2.99. The van der Waals surface area contributed by atoms with Gasteiger partial charge in [-0.25, -0.2) is 0 Å². The Balaban J connectivity index is 3.57. The zero-order valence-electron chi connectivity index (χ0n) is 7.55. The van der Waals surface area contributed by atoms with Crippen molar-refractivity contribution in [3.05, 3.63) is 0 Å². The van der Waals surface area contributed by atoms with Crippen LogP contribution in [0.5, 0.6) is 0 Å². The minimum atomic E-state index is -0.394. The van der Waals surface area contributed by atoms with E-state index in [1.807, 2.05) is 6.92 Å². The van der Waals surface area contributed by atoms with Crippen LogP contribution in [0.1, 0.15) is 33.6 Å². The third-order valence-corrected chi connectivity index (χ3v) is 1.52. The van der Waals surface area contributed by atoms with Crippen molar-refractivity contribution in [2.75, 3.05) is 0 Å². The van der Waals surface area contributed by atoms with Gasteiger partial charge < -0.3 is 11.1 Å². The van der Waals surface area contributed by atoms with Gasteiger partial charge in [0.2, 0.25) is 5.91 Å². The third kappa shape index (κ3) is 4.79. The lowest BCUT2D eigenvalue weighted by molar-refractivity contribution is -0.122. The highest BCUT2D eigenvalue weighted by Gasteiger charge is 2.09. The molecule has 0 aromatic heterocycles. The number of nitrogens with two attached hydrogens (primary N) is 1. The summed E-state index contributed by atoms with van der Waals surface area (Å²) in [5, 5.41) is 2.82. The molecule has 0 aromatic carbocycles. The first-order valence-corrected chi connectivity index (χ1v) is 4.13. The van der Waals surface area contributed by atoms with E-state index >= 15 is 0 Å². The molecule has 0 saturated heterocycles. The van der Waals surface area contributed by atoms with Gasteiger partial charge in [-0.15, -0.1) is 0 Å². The lowest BCUT2D eigenvalue weighted by Gasteiger charge is -2.14. The van der Waals surface area contributed by atoms with E-state index in [0.717, 1.165) is 12.8 Å². The molecule has 0 radical (unpaired) electrons. The Labute approximate surface area is 68.3 Å². The summed E-state index contributed by atoms with van der Waals surface area (Å²) in [6.45, 7) is 5.77. The summed E-state index contributed by atoms with van der Waals surface area (Å²) in [6.07, 6.45) is 2.10. The van der Waals surface area contributed by atoms with E-state index in [9.17, 15) is 4.79 Å². The maximum Gasteiger partial charge on any atom is 0.236 e. The molecule has 1 amide bonds. The first kappa shape index (κ1) is 10.4. The number of nitrogens with one attached hydrogen (secondary N) is 1. The van der Waals surface area contributed by atoms with Gasteiger partial charge in [0, 0.05) is 6.04 Å². The standard InChI is InChI=1S/C8H18N2O/c1-4-5-6(2)10-8(11)7(3)9/h6-7H,4-5,9H2,1-3H3,(H,10,11)/t6?,7-/m1/s1. The Bertz CT molecular complexity index is 123. The van der Waals surface area contributed by atoms with Crippen LogP contribution in [0.2, 0.25) is 0 Å². The number of carbonyl (C=O) groups excluding carboxylic acids is 1. The van der Waals surface area contributed by atoms with E-state index in [0.29, 0.717) is 0 Å². The molecule has 3 heteroatoms. The third-order valence-electron chi connectivity index (χ3n) is 1.52. The highest BCUT2D eigenvalue weighted by Crippen LogP contribution is 1.94. The molecule has 3 nitrogen and oxygen atoms in total. The normalized spacial score (nSPS) is 15.6. The van der Waals surface area contributed by atoms with Gasteiger partial charge in [0.15, 0.2) is 0 Å². The highest BCUT2D eigenvalue weighted by molar-refractivity contribution is 5.81. The van der Waals surface area contributed by atoms with Crippen LogP contribution < -0.4 is 11.1 Å². The first-order valence-electron chi connectivity index (χ1n) is 4.13. The van der Waals surface area contributed by atoms with Gasteiger partial charge >= 0.3 is 0 Å². The molecule has 2 atom stereocenters. The Morgan fingerprint density at radius 3 is 2.45 bits per heavy atom. The molecule has 0 aliphatic carbocycles. The molecule has 11 heavy (non-hydrogen) atoms. The van der Waals surface area contributed by atoms with Crippen molar-refractivity contribution in [2.24, 2.45) is 5.73 Å². The highest BCUT2D eigenvalue weighted by atomic mass is 16.2. The minimum Gasteiger partial charge on any atom is -0.352 e. The van der Waals surface area contributed by atoms with Gasteiger partial charge in [0.05, 0.1) is 6.04 Å². The fraction of sp³-hybridized carbons (Fsp3) is 0.875. The Morgan fingerprint density at radius 2 is 2.09 bits per heavy atom. The lowest BCUT2D eigenvalue weighted by atomic mass is 10.2. The fourth-order valence-corrected chi connectivity index (χ4v) is 0.879. The number of hydrogen-bond acceptors (Lipinski definition) is 2. The number of amides is 1. The number of hydrogen-bond donors (Lipinski definition) is 2. The maximum absolute atomic E-state index is 11.0. The van der Waals surface area contributed by atoms with Crippen LogP contribution in [0.15, 0.2) is 0 Å². The van der Waals surface area contributed by atoms with Crippen molar-refractivity contribution in [2.45, 2.75) is 45.7 Å². The SMILES string of the molecule is CCCC(C)NC(=O)[C@@H](C)N. The van der Waals surface area contributed by atoms with Crippen molar-refractivity contribution in [3.63, 3.8) is 0 Å². The molecule has 0 aliphatic heterocycles. The molecule has 66 valence electrons. The van der Waals surface area contributed by atoms with Gasteiger partial charge in [-0.05, 0) is 20.3 Å². The van der Waals surface area contributed by atoms with Gasteiger partial charge in [-0.3, -0.25) is 4.79 Å². The molecule has 0 rings (SSSR count). The summed E-state index contributed by atoms with van der Waals surface area (Å²) in [7, 11) is 0. The quantitative estimate of drug-likeness (QED) is 0.630. The Hall–Kier alpha value is -0.570. The molecule has 0 bridgehead atoms. The zero-order chi connectivity index (χ0) is 8.85. The molecular weight excluding hydrogens is 140 g/mol. The Kier molecular flexibility index (Phi) is 4.86. The van der Waals surface area contributed by atoms with Crippen molar-refractivity contribution in [1.82, 2.24) is 5.32 Å². The summed E-state index contributed by atoms with van der Waals surface area (Å²) >= 11 is 0. The molecule has 0 heterocycles. The molecule has 0 fully saturated rings. The van der Waals surface area contributed by atoms with Crippen LogP contribution in [-0.4, -0.2) is 18.0 Å².